The van der Waals surface area contributed by atoms with E-state index in [2.05, 4.69) is 14.6 Å². The Hall–Kier alpha value is -1.97. The van der Waals surface area contributed by atoms with Crippen molar-refractivity contribution in [2.45, 2.75) is 81.9 Å². The molecule has 0 aromatic carbocycles. The molecule has 3 fully saturated rings. The van der Waals surface area contributed by atoms with Gasteiger partial charge in [-0.25, -0.2) is 9.59 Å². The molecule has 3 rings (SSSR count). The third-order valence-corrected chi connectivity index (χ3v) is 7.03. The van der Waals surface area contributed by atoms with E-state index in [4.69, 9.17) is 9.47 Å². The number of rotatable bonds is 6. The van der Waals surface area contributed by atoms with Crippen molar-refractivity contribution < 1.29 is 28.6 Å². The zero-order valence-corrected chi connectivity index (χ0v) is 18.9. The van der Waals surface area contributed by atoms with Crippen LogP contribution < -0.4 is 0 Å². The number of β-lactam (4-membered cyclic amide) rings is 1. The maximum absolute atomic E-state index is 12.8. The minimum absolute atomic E-state index is 0.162. The van der Waals surface area contributed by atoms with E-state index in [1.54, 1.807) is 29.9 Å². The van der Waals surface area contributed by atoms with E-state index in [9.17, 15) is 14.4 Å². The Kier molecular flexibility index (Phi) is 7.15. The van der Waals surface area contributed by atoms with Gasteiger partial charge in [-0.3, -0.25) is 9.79 Å². The molecule has 0 spiro atoms. The molecule has 4 atom stereocenters. The van der Waals surface area contributed by atoms with Gasteiger partial charge >= 0.3 is 12.1 Å². The summed E-state index contributed by atoms with van der Waals surface area (Å²) in [6, 6.07) is -1.25. The summed E-state index contributed by atoms with van der Waals surface area (Å²) in [6.45, 7) is 8.99. The molecule has 3 aliphatic rings. The number of hydrogen-bond donors (Lipinski definition) is 0. The van der Waals surface area contributed by atoms with E-state index >= 15 is 0 Å². The number of esters is 1. The zero-order chi connectivity index (χ0) is 21.9. The maximum Gasteiger partial charge on any atom is 0.511 e. The molecular weight excluding hydrogens is 410 g/mol. The van der Waals surface area contributed by atoms with Gasteiger partial charge < -0.3 is 24.0 Å². The number of nitrogens with zero attached hydrogens (tertiary/aromatic N) is 3. The lowest BCUT2D eigenvalue weighted by Gasteiger charge is -2.42. The Bertz CT molecular complexity index is 692. The average molecular weight is 442 g/mol. The first kappa shape index (κ1) is 22.7. The number of likely N-dealkylation sites (tertiary alicyclic amines) is 1. The van der Waals surface area contributed by atoms with Gasteiger partial charge in [0.05, 0.1) is 12.9 Å². The predicted molar refractivity (Wildman–Crippen MR) is 112 cm³/mol. The molecule has 1 unspecified atom stereocenters. The average Bonchev–Trinajstić information content (AvgIpc) is 2.81. The van der Waals surface area contributed by atoms with Crippen LogP contribution in [0.15, 0.2) is 4.99 Å². The molecule has 0 aliphatic carbocycles. The van der Waals surface area contributed by atoms with Gasteiger partial charge in [0.25, 0.3) is 5.91 Å². The number of fused-ring (bicyclic) bond motifs is 1. The Morgan fingerprint density at radius 3 is 2.53 bits per heavy atom. The zero-order valence-electron chi connectivity index (χ0n) is 18.0. The minimum atomic E-state index is -1.11. The summed E-state index contributed by atoms with van der Waals surface area (Å²) >= 11 is 1.55. The molecule has 30 heavy (non-hydrogen) atoms. The van der Waals surface area contributed by atoms with Crippen molar-refractivity contribution in [1.29, 1.82) is 0 Å². The van der Waals surface area contributed by atoms with Gasteiger partial charge in [0.1, 0.15) is 11.4 Å². The molecule has 10 heteroatoms. The Morgan fingerprint density at radius 2 is 1.90 bits per heavy atom. The molecule has 3 heterocycles. The monoisotopic (exact) mass is 441 g/mol. The Morgan fingerprint density at radius 1 is 1.23 bits per heavy atom. The summed E-state index contributed by atoms with van der Waals surface area (Å²) in [5, 5.41) is -0.199. The normalized spacial score (nSPS) is 29.1. The van der Waals surface area contributed by atoms with Crippen molar-refractivity contribution in [3.8, 4) is 0 Å². The van der Waals surface area contributed by atoms with Crippen LogP contribution in [0.3, 0.4) is 0 Å². The van der Waals surface area contributed by atoms with Crippen molar-refractivity contribution >= 4 is 36.1 Å². The van der Waals surface area contributed by atoms with Crippen LogP contribution in [-0.2, 0) is 23.8 Å². The fourth-order valence-electron chi connectivity index (χ4n) is 4.03. The van der Waals surface area contributed by atoms with E-state index in [1.807, 2.05) is 13.8 Å². The lowest BCUT2D eigenvalue weighted by molar-refractivity contribution is -0.180. The van der Waals surface area contributed by atoms with Crippen molar-refractivity contribution in [2.24, 2.45) is 4.99 Å². The molecule has 9 nitrogen and oxygen atoms in total. The van der Waals surface area contributed by atoms with E-state index in [0.29, 0.717) is 0 Å². The summed E-state index contributed by atoms with van der Waals surface area (Å²) in [7, 11) is 0. The first-order chi connectivity index (χ1) is 14.2. The Balaban J connectivity index is 1.61. The van der Waals surface area contributed by atoms with Crippen LogP contribution in [0.2, 0.25) is 0 Å². The first-order valence-corrected chi connectivity index (χ1v) is 11.4. The molecule has 0 bridgehead atoms. The smallest absolute Gasteiger partial charge is 0.435 e. The number of thioether (sulfide) groups is 1. The fraction of sp³-hybridized carbons (Fsp3) is 0.800. The quantitative estimate of drug-likeness (QED) is 0.204. The first-order valence-electron chi connectivity index (χ1n) is 10.6. The molecule has 0 N–H and O–H groups in total. The highest BCUT2D eigenvalue weighted by Crippen LogP contribution is 2.52. The van der Waals surface area contributed by atoms with Crippen molar-refractivity contribution in [3.63, 3.8) is 0 Å². The summed E-state index contributed by atoms with van der Waals surface area (Å²) < 4.78 is 14.3. The van der Waals surface area contributed by atoms with Crippen LogP contribution in [0.5, 0.6) is 0 Å². The highest BCUT2D eigenvalue weighted by molar-refractivity contribution is 8.01. The lowest BCUT2D eigenvalue weighted by Crippen LogP contribution is -2.65. The van der Waals surface area contributed by atoms with Crippen molar-refractivity contribution in [3.05, 3.63) is 0 Å². The molecule has 168 valence electrons. The van der Waals surface area contributed by atoms with E-state index in [1.165, 1.54) is 19.8 Å². The number of aliphatic imine (C=N–C) groups is 1. The maximum atomic E-state index is 12.8. The molecule has 3 saturated heterocycles. The minimum Gasteiger partial charge on any atom is -0.435 e. The summed E-state index contributed by atoms with van der Waals surface area (Å²) in [4.78, 5) is 45.3. The van der Waals surface area contributed by atoms with E-state index < -0.39 is 35.2 Å². The molecule has 1 amide bonds. The SMILES string of the molecule is CCOC(=O)OC(C)OC(=O)[C@@H]1N2C(=O)[C@@H](N=CN3CCCCCC3)[C@H]2SC1(C)C. The Labute approximate surface area is 181 Å². The van der Waals surface area contributed by atoms with Crippen molar-refractivity contribution in [1.82, 2.24) is 9.80 Å². The fourth-order valence-corrected chi connectivity index (χ4v) is 5.64. The van der Waals surface area contributed by atoms with Gasteiger partial charge in [0, 0.05) is 24.8 Å². The number of hydrogen-bond acceptors (Lipinski definition) is 8. The number of ether oxygens (including phenoxy) is 3. The highest BCUT2D eigenvalue weighted by Gasteiger charge is 2.64. The third kappa shape index (κ3) is 4.84. The predicted octanol–water partition coefficient (Wildman–Crippen LogP) is 2.38. The number of carbonyl (C=O) groups is 3. The number of carbonyl (C=O) groups excluding carboxylic acids is 3. The van der Waals surface area contributed by atoms with Crippen LogP contribution in [0, 0.1) is 0 Å². The van der Waals surface area contributed by atoms with E-state index in [0.717, 1.165) is 25.9 Å². The second-order valence-corrected chi connectivity index (χ2v) is 10.00. The summed E-state index contributed by atoms with van der Waals surface area (Å²) in [5.74, 6) is -0.778. The molecule has 0 radical (unpaired) electrons. The van der Waals surface area contributed by atoms with Crippen LogP contribution >= 0.6 is 11.8 Å². The van der Waals surface area contributed by atoms with Crippen LogP contribution in [0.4, 0.5) is 4.79 Å². The molecular formula is C20H31N3O6S. The molecule has 3 aliphatic heterocycles. The van der Waals surface area contributed by atoms with Gasteiger partial charge in [-0.1, -0.05) is 12.8 Å². The second kappa shape index (κ2) is 9.45. The summed E-state index contributed by atoms with van der Waals surface area (Å²) in [6.07, 6.45) is 4.54. The second-order valence-electron chi connectivity index (χ2n) is 8.22. The van der Waals surface area contributed by atoms with Gasteiger partial charge in [-0.15, -0.1) is 11.8 Å². The topological polar surface area (TPSA) is 97.7 Å². The standard InChI is InChI=1S/C20H31N3O6S/c1-5-27-19(26)29-13(2)28-18(25)15-20(3,4)30-17-14(16(24)23(15)17)21-12-22-10-8-6-7-9-11-22/h12-15,17H,5-11H2,1-4H3/t13?,14-,15+,17-/m1/s1. The highest BCUT2D eigenvalue weighted by atomic mass is 32.2. The van der Waals surface area contributed by atoms with Crippen LogP contribution in [-0.4, -0.2) is 82.4 Å². The van der Waals surface area contributed by atoms with Gasteiger partial charge in [-0.2, -0.15) is 0 Å². The molecule has 0 saturated carbocycles. The van der Waals surface area contributed by atoms with Crippen molar-refractivity contribution in [2.75, 3.05) is 19.7 Å². The largest absolute Gasteiger partial charge is 0.511 e. The van der Waals surface area contributed by atoms with Gasteiger partial charge in [0.2, 0.25) is 6.29 Å². The summed E-state index contributed by atoms with van der Waals surface area (Å²) in [5.41, 5.74) is 0. The van der Waals surface area contributed by atoms with Gasteiger partial charge in [-0.05, 0) is 33.6 Å². The number of amides is 1. The lowest BCUT2D eigenvalue weighted by atomic mass is 9.96. The van der Waals surface area contributed by atoms with Crippen LogP contribution in [0.25, 0.3) is 0 Å². The third-order valence-electron chi connectivity index (χ3n) is 5.47. The molecule has 0 aromatic heterocycles. The van der Waals surface area contributed by atoms with E-state index in [-0.39, 0.29) is 17.9 Å². The van der Waals surface area contributed by atoms with Crippen LogP contribution in [0.1, 0.15) is 53.4 Å². The van der Waals surface area contributed by atoms with Gasteiger partial charge in [0.15, 0.2) is 6.04 Å². The molecule has 0 aromatic rings.